The zero-order chi connectivity index (χ0) is 6.78. The predicted molar refractivity (Wildman–Crippen MR) is 11.2 cm³/mol. The summed E-state index contributed by atoms with van der Waals surface area (Å²) in [6.45, 7) is 0. The molecule has 0 N–H and O–H groups in total. The standard InChI is InChI=1S/FH2O3P.Li.2O.V/c1-5(2,3)4;;;;/h(H2,2,3,4);;;;/q;+1;;;+1/p-2. The Morgan fingerprint density at radius 1 is 1.56 bits per heavy atom. The minimum absolute atomic E-state index is 0. The fraction of sp³-hybridized carbons (Fsp3) is 0. The van der Waals surface area contributed by atoms with Crippen LogP contribution in [0, 0.1) is 0 Å². The Kier molecular flexibility index (Phi) is 6.46. The molecule has 48 valence electrons. The molecule has 0 fully saturated rings. The molecule has 0 saturated carbocycles. The van der Waals surface area contributed by atoms with Crippen LogP contribution in [-0.2, 0) is 30.8 Å². The molecule has 0 aromatic rings. The quantitative estimate of drug-likeness (QED) is 0.334. The molecular weight excluding hydrogens is 188 g/mol. The van der Waals surface area contributed by atoms with Crippen molar-refractivity contribution in [1.82, 2.24) is 0 Å². The van der Waals surface area contributed by atoms with E-state index in [1.165, 1.54) is 0 Å². The van der Waals surface area contributed by atoms with Crippen molar-refractivity contribution in [3.05, 3.63) is 0 Å². The topological polar surface area (TPSA) is 83.5 Å². The van der Waals surface area contributed by atoms with E-state index in [-0.39, 0.29) is 18.9 Å². The summed E-state index contributed by atoms with van der Waals surface area (Å²) in [4.78, 5) is 9.22. The molecule has 0 radical (unpaired) electrons. The van der Waals surface area contributed by atoms with Gasteiger partial charge >= 0.3 is 66.6 Å². The Hall–Kier alpha value is 0.862. The molecule has 0 aromatic carbocycles. The number of hydrogen-bond donors (Lipinski definition) is 0. The van der Waals surface area contributed by atoms with Crippen molar-refractivity contribution in [1.29, 1.82) is 0 Å². The summed E-state index contributed by atoms with van der Waals surface area (Å²) in [6, 6.07) is 0. The van der Waals surface area contributed by atoms with Gasteiger partial charge in [0.1, 0.15) is 0 Å². The van der Waals surface area contributed by atoms with Gasteiger partial charge in [-0.1, -0.05) is 0 Å². The Labute approximate surface area is 66.8 Å². The van der Waals surface area contributed by atoms with Crippen LogP contribution in [0.3, 0.4) is 0 Å². The average molecular weight is 188 g/mol. The summed E-state index contributed by atoms with van der Waals surface area (Å²) in [7, 11) is -5.53. The third-order valence-electron chi connectivity index (χ3n) is 0.164. The molecular formula is FLiO5PV. The molecule has 1 atom stereocenters. The van der Waals surface area contributed by atoms with E-state index in [9.17, 15) is 21.0 Å². The van der Waals surface area contributed by atoms with E-state index >= 15 is 0 Å². The van der Waals surface area contributed by atoms with Gasteiger partial charge in [0, 0.05) is 0 Å². The van der Waals surface area contributed by atoms with Gasteiger partial charge in [-0.05, 0) is 0 Å². The Balaban J connectivity index is 0. The van der Waals surface area contributed by atoms with Crippen LogP contribution < -0.4 is 23.8 Å². The van der Waals surface area contributed by atoms with Crippen LogP contribution in [0.2, 0.25) is 0 Å². The first-order valence-electron chi connectivity index (χ1n) is 1.26. The predicted octanol–water partition coefficient (Wildman–Crippen LogP) is -3.33. The van der Waals surface area contributed by atoms with Crippen LogP contribution in [0.25, 0.3) is 0 Å². The van der Waals surface area contributed by atoms with Crippen LogP contribution in [-0.4, -0.2) is 0 Å². The van der Waals surface area contributed by atoms with Gasteiger partial charge in [-0.2, -0.15) is 0 Å². The normalized spacial score (nSPS) is 15.3. The Morgan fingerprint density at radius 2 is 1.89 bits per heavy atom. The van der Waals surface area contributed by atoms with Crippen LogP contribution in [0.5, 0.6) is 0 Å². The molecule has 1 unspecified atom stereocenters. The molecule has 0 saturated heterocycles. The van der Waals surface area contributed by atoms with Gasteiger partial charge in [-0.25, -0.2) is 0 Å². The van der Waals surface area contributed by atoms with Crippen molar-refractivity contribution in [2.24, 2.45) is 0 Å². The van der Waals surface area contributed by atoms with Gasteiger partial charge in [-0.3, -0.25) is 0 Å². The number of rotatable bonds is 2. The van der Waals surface area contributed by atoms with Gasteiger partial charge in [0.2, 0.25) is 0 Å². The average Bonchev–Trinajstić information content (AvgIpc) is 1.21. The molecule has 0 aliphatic carbocycles. The summed E-state index contributed by atoms with van der Waals surface area (Å²) in [6.07, 6.45) is 0. The molecule has 9 heavy (non-hydrogen) atoms. The fourth-order valence-electron chi connectivity index (χ4n) is 0.0796. The van der Waals surface area contributed by atoms with Gasteiger partial charge in [-0.15, -0.1) is 0 Å². The molecule has 0 spiro atoms. The van der Waals surface area contributed by atoms with Crippen molar-refractivity contribution >= 4 is 7.91 Å². The van der Waals surface area contributed by atoms with Crippen LogP contribution >= 0.6 is 7.91 Å². The van der Waals surface area contributed by atoms with Gasteiger partial charge in [0.15, 0.2) is 0 Å². The first-order chi connectivity index (χ1) is 3.42. The first kappa shape index (κ1) is 12.5. The zero-order valence-corrected chi connectivity index (χ0v) is 6.60. The first-order valence-corrected chi connectivity index (χ1v) is 4.41. The molecule has 9 heteroatoms. The second-order valence-corrected chi connectivity index (χ2v) is 3.22. The maximum atomic E-state index is 11.1. The van der Waals surface area contributed by atoms with E-state index in [4.69, 9.17) is 0 Å². The van der Waals surface area contributed by atoms with Gasteiger partial charge in [0.05, 0.1) is 0 Å². The van der Waals surface area contributed by atoms with E-state index < -0.39 is 23.3 Å². The van der Waals surface area contributed by atoms with Crippen LogP contribution in [0.1, 0.15) is 0 Å². The molecule has 5 nitrogen and oxygen atoms in total. The second kappa shape index (κ2) is 4.64. The molecule has 0 aromatic heterocycles. The van der Waals surface area contributed by atoms with Crippen molar-refractivity contribution in [3.63, 3.8) is 0 Å². The number of halogens is 1. The van der Waals surface area contributed by atoms with Crippen molar-refractivity contribution in [3.8, 4) is 0 Å². The minimum atomic E-state index is -5.53. The summed E-state index contributed by atoms with van der Waals surface area (Å²) in [5, 5.41) is 0. The van der Waals surface area contributed by atoms with Gasteiger partial charge in [0.25, 0.3) is 0 Å². The van der Waals surface area contributed by atoms with Gasteiger partial charge < -0.3 is 0 Å². The van der Waals surface area contributed by atoms with Crippen LogP contribution in [0.15, 0.2) is 0 Å². The zero-order valence-electron chi connectivity index (χ0n) is 4.31. The van der Waals surface area contributed by atoms with E-state index in [1.807, 2.05) is 0 Å². The summed E-state index contributed by atoms with van der Waals surface area (Å²) >= 11 is -4.30. The molecule has 0 aliphatic rings. The Morgan fingerprint density at radius 3 is 1.89 bits per heavy atom. The summed E-state index contributed by atoms with van der Waals surface area (Å²) in [5.74, 6) is 0. The van der Waals surface area contributed by atoms with E-state index in [2.05, 4.69) is 3.45 Å². The van der Waals surface area contributed by atoms with Crippen LogP contribution in [0.4, 0.5) is 4.20 Å². The molecule has 0 aliphatic heterocycles. The molecule has 0 heterocycles. The van der Waals surface area contributed by atoms with E-state index in [0.29, 0.717) is 0 Å². The molecule has 0 amide bonds. The summed E-state index contributed by atoms with van der Waals surface area (Å²) < 4.78 is 41.7. The fourth-order valence-corrected chi connectivity index (χ4v) is 0.985. The Bertz CT molecular complexity index is 171. The van der Waals surface area contributed by atoms with Crippen molar-refractivity contribution < 1.29 is 58.7 Å². The van der Waals surface area contributed by atoms with Crippen molar-refractivity contribution in [2.75, 3.05) is 0 Å². The molecule has 0 bridgehead atoms. The third kappa shape index (κ3) is 12.1. The second-order valence-electron chi connectivity index (χ2n) is 0.736. The van der Waals surface area contributed by atoms with E-state index in [0.717, 1.165) is 0 Å². The number of hydrogen-bond acceptors (Lipinski definition) is 5. The monoisotopic (exact) mass is 188 g/mol. The maximum absolute atomic E-state index is 11.1. The summed E-state index contributed by atoms with van der Waals surface area (Å²) in [5.41, 5.74) is 0. The molecule has 0 rings (SSSR count). The van der Waals surface area contributed by atoms with E-state index in [1.54, 1.807) is 0 Å². The SMILES string of the molecule is [Li+].[O]=[V](=[O])[O]P(=O)([O-])F. The van der Waals surface area contributed by atoms with Crippen molar-refractivity contribution in [2.45, 2.75) is 0 Å². The third-order valence-corrected chi connectivity index (χ3v) is 2.03.